The van der Waals surface area contributed by atoms with E-state index in [0.29, 0.717) is 5.02 Å². The summed E-state index contributed by atoms with van der Waals surface area (Å²) in [7, 11) is -8.09. The fourth-order valence-electron chi connectivity index (χ4n) is 1.98. The maximum Gasteiger partial charge on any atom is 0.254 e. The van der Waals surface area contributed by atoms with E-state index < -0.39 is 20.0 Å². The Morgan fingerprint density at radius 3 is 1.44 bits per heavy atom. The van der Waals surface area contributed by atoms with Gasteiger partial charge in [-0.2, -0.15) is 0 Å². The summed E-state index contributed by atoms with van der Waals surface area (Å²) in [5.74, 6) is 0. The molecule has 0 aliphatic carbocycles. The molecule has 136 valence electrons. The number of rotatable bonds is 5. The molecule has 0 bridgehead atoms. The van der Waals surface area contributed by atoms with Crippen LogP contribution in [0.1, 0.15) is 26.3 Å². The maximum absolute atomic E-state index is 12.3. The van der Waals surface area contributed by atoms with Crippen LogP contribution < -0.4 is 9.66 Å². The molecule has 0 heterocycles. The summed E-state index contributed by atoms with van der Waals surface area (Å²) < 4.78 is 48.8. The van der Waals surface area contributed by atoms with Gasteiger partial charge < -0.3 is 0 Å². The van der Waals surface area contributed by atoms with Gasteiger partial charge in [0, 0.05) is 5.02 Å². The van der Waals surface area contributed by atoms with Crippen molar-refractivity contribution < 1.29 is 16.8 Å². The lowest BCUT2D eigenvalue weighted by Crippen LogP contribution is -2.41. The van der Waals surface area contributed by atoms with Gasteiger partial charge in [-0.1, -0.05) is 44.5 Å². The van der Waals surface area contributed by atoms with Crippen LogP contribution in [0.15, 0.2) is 58.3 Å². The number of sulfonamides is 2. The van der Waals surface area contributed by atoms with Crippen molar-refractivity contribution in [3.05, 3.63) is 59.1 Å². The van der Waals surface area contributed by atoms with E-state index in [2.05, 4.69) is 0 Å². The fraction of sp³-hybridized carbons (Fsp3) is 0.250. The summed E-state index contributed by atoms with van der Waals surface area (Å²) in [5, 5.41) is 0.374. The molecule has 0 saturated heterocycles. The first-order valence-corrected chi connectivity index (χ1v) is 10.7. The molecule has 0 saturated carbocycles. The van der Waals surface area contributed by atoms with Crippen molar-refractivity contribution in [2.75, 3.05) is 0 Å². The minimum Gasteiger partial charge on any atom is -0.206 e. The molecule has 25 heavy (non-hydrogen) atoms. The van der Waals surface area contributed by atoms with Gasteiger partial charge in [-0.25, -0.2) is 16.8 Å². The van der Waals surface area contributed by atoms with Gasteiger partial charge in [0.2, 0.25) is 0 Å². The highest BCUT2D eigenvalue weighted by molar-refractivity contribution is 7.92. The molecule has 0 amide bonds. The first-order chi connectivity index (χ1) is 11.4. The van der Waals surface area contributed by atoms with Crippen molar-refractivity contribution in [1.82, 2.24) is 9.66 Å². The fourth-order valence-corrected chi connectivity index (χ4v) is 4.20. The van der Waals surface area contributed by atoms with Crippen LogP contribution in [-0.2, 0) is 25.5 Å². The zero-order chi connectivity index (χ0) is 18.9. The van der Waals surface area contributed by atoms with Gasteiger partial charge >= 0.3 is 0 Å². The third kappa shape index (κ3) is 5.02. The molecule has 6 nitrogen and oxygen atoms in total. The number of hydrogen-bond donors (Lipinski definition) is 2. The Kier molecular flexibility index (Phi) is 5.60. The third-order valence-corrected chi connectivity index (χ3v) is 6.37. The van der Waals surface area contributed by atoms with Crippen LogP contribution in [0, 0.1) is 0 Å². The number of hydrogen-bond acceptors (Lipinski definition) is 4. The zero-order valence-electron chi connectivity index (χ0n) is 13.9. The minimum absolute atomic E-state index is 0.0423. The molecule has 2 N–H and O–H groups in total. The highest BCUT2D eigenvalue weighted by Gasteiger charge is 2.21. The van der Waals surface area contributed by atoms with E-state index in [1.807, 2.05) is 30.4 Å². The van der Waals surface area contributed by atoms with Gasteiger partial charge in [0.25, 0.3) is 20.0 Å². The van der Waals surface area contributed by atoms with Crippen molar-refractivity contribution in [3.8, 4) is 0 Å². The van der Waals surface area contributed by atoms with Gasteiger partial charge in [-0.05, 0) is 47.4 Å². The van der Waals surface area contributed by atoms with Crippen LogP contribution in [-0.4, -0.2) is 16.8 Å². The molecule has 2 aromatic carbocycles. The molecule has 2 aromatic rings. The Bertz CT molecular complexity index is 947. The molecule has 0 atom stereocenters. The van der Waals surface area contributed by atoms with Gasteiger partial charge in [0.15, 0.2) is 0 Å². The van der Waals surface area contributed by atoms with E-state index in [1.165, 1.54) is 36.4 Å². The monoisotopic (exact) mass is 402 g/mol. The van der Waals surface area contributed by atoms with E-state index in [4.69, 9.17) is 11.6 Å². The Morgan fingerprint density at radius 1 is 0.720 bits per heavy atom. The van der Waals surface area contributed by atoms with Crippen molar-refractivity contribution in [3.63, 3.8) is 0 Å². The first-order valence-electron chi connectivity index (χ1n) is 7.31. The average molecular weight is 403 g/mol. The lowest BCUT2D eigenvalue weighted by Gasteiger charge is -2.19. The number of benzene rings is 2. The Morgan fingerprint density at radius 2 is 1.08 bits per heavy atom. The van der Waals surface area contributed by atoms with Gasteiger partial charge in [0.05, 0.1) is 9.79 Å². The standard InChI is InChI=1S/C16H19ClN2O4S2/c1-16(2,3)12-4-8-14(9-5-12)24(20,21)18-19-25(22,23)15-10-6-13(17)7-11-15/h4-11,18-19H,1-3H3. The van der Waals surface area contributed by atoms with Crippen LogP contribution in [0.3, 0.4) is 0 Å². The van der Waals surface area contributed by atoms with E-state index in [1.54, 1.807) is 12.1 Å². The SMILES string of the molecule is CC(C)(C)c1ccc(S(=O)(=O)NNS(=O)(=O)c2ccc(Cl)cc2)cc1. The van der Waals surface area contributed by atoms with Crippen LogP contribution >= 0.6 is 11.6 Å². The second-order valence-electron chi connectivity index (χ2n) is 6.44. The van der Waals surface area contributed by atoms with E-state index >= 15 is 0 Å². The van der Waals surface area contributed by atoms with Gasteiger partial charge in [-0.15, -0.1) is 9.66 Å². The molecule has 0 aromatic heterocycles. The Balaban J connectivity index is 2.17. The normalized spacial score (nSPS) is 13.0. The van der Waals surface area contributed by atoms with Gasteiger partial charge in [0.1, 0.15) is 0 Å². The topological polar surface area (TPSA) is 92.3 Å². The van der Waals surface area contributed by atoms with Gasteiger partial charge in [-0.3, -0.25) is 0 Å². The van der Waals surface area contributed by atoms with Crippen molar-refractivity contribution in [2.24, 2.45) is 0 Å². The quantitative estimate of drug-likeness (QED) is 0.752. The highest BCUT2D eigenvalue weighted by atomic mass is 35.5. The summed E-state index contributed by atoms with van der Waals surface area (Å²) in [6.45, 7) is 6.03. The highest BCUT2D eigenvalue weighted by Crippen LogP contribution is 2.23. The Labute approximate surface area is 153 Å². The predicted octanol–water partition coefficient (Wildman–Crippen LogP) is 2.81. The van der Waals surface area contributed by atoms with Crippen LogP contribution in [0.5, 0.6) is 0 Å². The molecule has 0 aliphatic rings. The number of hydrazine groups is 1. The largest absolute Gasteiger partial charge is 0.254 e. The molecule has 2 rings (SSSR count). The van der Waals surface area contributed by atoms with E-state index in [-0.39, 0.29) is 15.2 Å². The minimum atomic E-state index is -4.05. The smallest absolute Gasteiger partial charge is 0.206 e. The summed E-state index contributed by atoms with van der Waals surface area (Å²) in [4.78, 5) is 3.61. The molecule has 0 fully saturated rings. The molecular formula is C16H19ClN2O4S2. The first kappa shape index (κ1) is 19.9. The molecule has 0 unspecified atom stereocenters. The maximum atomic E-state index is 12.3. The predicted molar refractivity (Wildman–Crippen MR) is 97.2 cm³/mol. The summed E-state index contributed by atoms with van der Waals surface area (Å²) in [6, 6.07) is 11.6. The van der Waals surface area contributed by atoms with E-state index in [9.17, 15) is 16.8 Å². The zero-order valence-corrected chi connectivity index (χ0v) is 16.3. The van der Waals surface area contributed by atoms with E-state index in [0.717, 1.165) is 5.56 Å². The molecular weight excluding hydrogens is 384 g/mol. The third-order valence-electron chi connectivity index (χ3n) is 3.46. The molecule has 0 radical (unpaired) electrons. The molecule has 0 aliphatic heterocycles. The summed E-state index contributed by atoms with van der Waals surface area (Å²) in [6.07, 6.45) is 0. The van der Waals surface area contributed by atoms with Crippen molar-refractivity contribution in [2.45, 2.75) is 36.0 Å². The molecule has 0 spiro atoms. The lowest BCUT2D eigenvalue weighted by atomic mass is 9.87. The van der Waals surface area contributed by atoms with Crippen molar-refractivity contribution in [1.29, 1.82) is 0 Å². The number of nitrogens with one attached hydrogen (secondary N) is 2. The summed E-state index contributed by atoms with van der Waals surface area (Å²) >= 11 is 5.71. The van der Waals surface area contributed by atoms with Crippen LogP contribution in [0.4, 0.5) is 0 Å². The van der Waals surface area contributed by atoms with Crippen LogP contribution in [0.25, 0.3) is 0 Å². The van der Waals surface area contributed by atoms with Crippen LogP contribution in [0.2, 0.25) is 5.02 Å². The average Bonchev–Trinajstić information content (AvgIpc) is 2.53. The lowest BCUT2D eigenvalue weighted by molar-refractivity contribution is 0.557. The number of halogens is 1. The Hall–Kier alpha value is -1.45. The summed E-state index contributed by atoms with van der Waals surface area (Å²) in [5.41, 5.74) is 0.847. The second-order valence-corrected chi connectivity index (χ2v) is 10.2. The second kappa shape index (κ2) is 7.05. The molecule has 9 heteroatoms. The van der Waals surface area contributed by atoms with Crippen molar-refractivity contribution >= 4 is 31.6 Å².